The van der Waals surface area contributed by atoms with Gasteiger partial charge in [0.25, 0.3) is 0 Å². The Morgan fingerprint density at radius 3 is 2.74 bits per heavy atom. The Kier molecular flexibility index (Phi) is 4.58. The molecular weight excluding hydrogens is 360 g/mol. The van der Waals surface area contributed by atoms with Crippen LogP contribution in [0.15, 0.2) is 65.3 Å². The van der Waals surface area contributed by atoms with Gasteiger partial charge in [-0.15, -0.1) is 0 Å². The maximum Gasteiger partial charge on any atom is 0.243 e. The molecule has 6 heteroatoms. The average Bonchev–Trinajstić information content (AvgIpc) is 3.05. The summed E-state index contributed by atoms with van der Waals surface area (Å²) in [4.78, 5) is 31.2. The van der Waals surface area contributed by atoms with Crippen molar-refractivity contribution in [3.63, 3.8) is 0 Å². The van der Waals surface area contributed by atoms with E-state index in [4.69, 9.17) is 0 Å². The van der Waals surface area contributed by atoms with E-state index in [1.54, 1.807) is 6.07 Å². The third-order valence-corrected chi connectivity index (χ3v) is 5.79. The number of fused-ring (bicyclic) bond motifs is 1. The van der Waals surface area contributed by atoms with Gasteiger partial charge in [0.15, 0.2) is 5.78 Å². The fourth-order valence-electron chi connectivity index (χ4n) is 3.40. The molecular formula is C21H18N2O3S. The van der Waals surface area contributed by atoms with Crippen LogP contribution in [0, 0.1) is 0 Å². The lowest BCUT2D eigenvalue weighted by molar-refractivity contribution is -0.107. The van der Waals surface area contributed by atoms with E-state index < -0.39 is 0 Å². The number of carbonyl (C=O) groups is 2. The van der Waals surface area contributed by atoms with Crippen molar-refractivity contribution in [1.82, 2.24) is 0 Å². The number of anilines is 1. The zero-order valence-electron chi connectivity index (χ0n) is 14.8. The lowest BCUT2D eigenvalue weighted by atomic mass is 9.92. The topological polar surface area (TPSA) is 70.0 Å². The average molecular weight is 378 g/mol. The van der Waals surface area contributed by atoms with Crippen molar-refractivity contribution < 1.29 is 14.7 Å². The van der Waals surface area contributed by atoms with Crippen molar-refractivity contribution in [1.29, 1.82) is 0 Å². The molecule has 1 atom stereocenters. The van der Waals surface area contributed by atoms with Crippen LogP contribution in [0.5, 0.6) is 5.75 Å². The SMILES string of the molecule is CN1c2cccc(O)c2C(=O)CC1CC=C1N=C(c2ccccc2)SC1=O. The van der Waals surface area contributed by atoms with Crippen LogP contribution in [0.2, 0.25) is 0 Å². The molecule has 136 valence electrons. The van der Waals surface area contributed by atoms with Crippen molar-refractivity contribution in [3.8, 4) is 5.75 Å². The Balaban J connectivity index is 1.56. The predicted octanol–water partition coefficient (Wildman–Crippen LogP) is 3.78. The van der Waals surface area contributed by atoms with Gasteiger partial charge < -0.3 is 10.0 Å². The number of phenols is 1. The van der Waals surface area contributed by atoms with Gasteiger partial charge >= 0.3 is 0 Å². The van der Waals surface area contributed by atoms with Crippen LogP contribution in [0.1, 0.15) is 28.8 Å². The predicted molar refractivity (Wildman–Crippen MR) is 108 cm³/mol. The van der Waals surface area contributed by atoms with Gasteiger partial charge in [-0.3, -0.25) is 9.59 Å². The Labute approximate surface area is 161 Å². The molecule has 0 saturated carbocycles. The van der Waals surface area contributed by atoms with Crippen LogP contribution in [0.25, 0.3) is 0 Å². The second kappa shape index (κ2) is 7.04. The summed E-state index contributed by atoms with van der Waals surface area (Å²) < 4.78 is 0. The lowest BCUT2D eigenvalue weighted by Gasteiger charge is -2.35. The summed E-state index contributed by atoms with van der Waals surface area (Å²) >= 11 is 1.13. The summed E-state index contributed by atoms with van der Waals surface area (Å²) in [7, 11) is 1.90. The second-order valence-electron chi connectivity index (χ2n) is 6.56. The van der Waals surface area contributed by atoms with Gasteiger partial charge in [0.2, 0.25) is 5.12 Å². The van der Waals surface area contributed by atoms with Gasteiger partial charge in [0.05, 0.1) is 11.3 Å². The Hall–Kier alpha value is -2.86. The monoisotopic (exact) mass is 378 g/mol. The van der Waals surface area contributed by atoms with E-state index >= 15 is 0 Å². The first-order valence-corrected chi connectivity index (χ1v) is 9.50. The van der Waals surface area contributed by atoms with Crippen LogP contribution in [-0.4, -0.2) is 34.1 Å². The molecule has 5 nitrogen and oxygen atoms in total. The summed E-state index contributed by atoms with van der Waals surface area (Å²) in [6, 6.07) is 14.6. The largest absolute Gasteiger partial charge is 0.507 e. The summed E-state index contributed by atoms with van der Waals surface area (Å²) in [6.45, 7) is 0. The van der Waals surface area contributed by atoms with E-state index in [0.717, 1.165) is 23.0 Å². The zero-order valence-corrected chi connectivity index (χ0v) is 15.6. The number of nitrogens with zero attached hydrogens (tertiary/aromatic N) is 2. The molecule has 2 aromatic rings. The van der Waals surface area contributed by atoms with Crippen LogP contribution >= 0.6 is 11.8 Å². The number of carbonyl (C=O) groups excluding carboxylic acids is 2. The third kappa shape index (κ3) is 3.28. The molecule has 0 aromatic heterocycles. The van der Waals surface area contributed by atoms with E-state index in [2.05, 4.69) is 4.99 Å². The number of aliphatic imine (C=N–C) groups is 1. The van der Waals surface area contributed by atoms with Gasteiger partial charge in [-0.25, -0.2) is 4.99 Å². The van der Waals surface area contributed by atoms with E-state index in [1.807, 2.05) is 54.4 Å². The van der Waals surface area contributed by atoms with Crippen molar-refractivity contribution in [2.75, 3.05) is 11.9 Å². The molecule has 0 amide bonds. The number of hydrogen-bond acceptors (Lipinski definition) is 6. The van der Waals surface area contributed by atoms with Gasteiger partial charge in [0.1, 0.15) is 16.5 Å². The van der Waals surface area contributed by atoms with E-state index in [9.17, 15) is 14.7 Å². The molecule has 0 radical (unpaired) electrons. The highest BCUT2D eigenvalue weighted by molar-refractivity contribution is 8.27. The summed E-state index contributed by atoms with van der Waals surface area (Å²) in [6.07, 6.45) is 2.64. The fraction of sp³-hybridized carbons (Fsp3) is 0.190. The molecule has 1 N–H and O–H groups in total. The van der Waals surface area contributed by atoms with Crippen molar-refractivity contribution in [2.24, 2.45) is 4.99 Å². The van der Waals surface area contributed by atoms with Crippen LogP contribution in [0.4, 0.5) is 5.69 Å². The summed E-state index contributed by atoms with van der Waals surface area (Å²) in [5.74, 6) is -0.0640. The number of phenolic OH excluding ortho intramolecular Hbond substituents is 1. The normalized spacial score (nSPS) is 20.8. The fourth-order valence-corrected chi connectivity index (χ4v) is 4.20. The molecule has 2 aliphatic heterocycles. The van der Waals surface area contributed by atoms with E-state index in [1.165, 1.54) is 6.07 Å². The lowest BCUT2D eigenvalue weighted by Crippen LogP contribution is -2.38. The zero-order chi connectivity index (χ0) is 19.0. The highest BCUT2D eigenvalue weighted by atomic mass is 32.2. The smallest absolute Gasteiger partial charge is 0.243 e. The van der Waals surface area contributed by atoms with Crippen molar-refractivity contribution in [3.05, 3.63) is 71.4 Å². The standard InChI is InChI=1S/C21H18N2O3S/c1-23-14(12-18(25)19-16(23)8-5-9-17(19)24)10-11-15-21(26)27-20(22-15)13-6-3-2-4-7-13/h2-9,11,14,24H,10,12H2,1H3. The molecule has 4 rings (SSSR count). The van der Waals surface area contributed by atoms with Crippen LogP contribution < -0.4 is 4.90 Å². The number of ketones is 1. The highest BCUT2D eigenvalue weighted by Crippen LogP contribution is 2.36. The molecule has 1 unspecified atom stereocenters. The Morgan fingerprint density at radius 2 is 1.96 bits per heavy atom. The number of benzene rings is 2. The summed E-state index contributed by atoms with van der Waals surface area (Å²) in [5, 5.41) is 10.6. The van der Waals surface area contributed by atoms with Crippen molar-refractivity contribution in [2.45, 2.75) is 18.9 Å². The minimum absolute atomic E-state index is 0.0145. The molecule has 0 saturated heterocycles. The number of hydrogen-bond donors (Lipinski definition) is 1. The second-order valence-corrected chi connectivity index (χ2v) is 7.52. The van der Waals surface area contributed by atoms with Crippen LogP contribution in [0.3, 0.4) is 0 Å². The van der Waals surface area contributed by atoms with Gasteiger partial charge in [-0.05, 0) is 30.3 Å². The first-order valence-electron chi connectivity index (χ1n) is 8.69. The first kappa shape index (κ1) is 17.5. The molecule has 2 heterocycles. The van der Waals surface area contributed by atoms with Crippen molar-refractivity contribution >= 4 is 33.4 Å². The maximum atomic E-state index is 12.5. The molecule has 27 heavy (non-hydrogen) atoms. The van der Waals surface area contributed by atoms with Gasteiger partial charge in [-0.1, -0.05) is 42.5 Å². The van der Waals surface area contributed by atoms with Gasteiger partial charge in [0, 0.05) is 25.1 Å². The summed E-state index contributed by atoms with van der Waals surface area (Å²) in [5.41, 5.74) is 2.45. The van der Waals surface area contributed by atoms with Gasteiger partial charge in [-0.2, -0.15) is 0 Å². The molecule has 0 spiro atoms. The molecule has 0 aliphatic carbocycles. The molecule has 2 aromatic carbocycles. The Morgan fingerprint density at radius 1 is 1.19 bits per heavy atom. The number of rotatable bonds is 3. The number of aromatic hydroxyl groups is 1. The first-order chi connectivity index (χ1) is 13.0. The molecule has 0 bridgehead atoms. The minimum Gasteiger partial charge on any atom is -0.507 e. The highest BCUT2D eigenvalue weighted by Gasteiger charge is 2.31. The number of Topliss-reactive ketones (excluding diaryl/α,β-unsaturated/α-hetero) is 1. The maximum absolute atomic E-state index is 12.5. The third-order valence-electron chi connectivity index (χ3n) is 4.87. The van der Waals surface area contributed by atoms with Crippen LogP contribution in [-0.2, 0) is 4.79 Å². The minimum atomic E-state index is -0.0785. The Bertz CT molecular complexity index is 982. The number of thioether (sulfide) groups is 1. The molecule has 2 aliphatic rings. The van der Waals surface area contributed by atoms with E-state index in [0.29, 0.717) is 29.1 Å². The molecule has 0 fully saturated rings. The quantitative estimate of drug-likeness (QED) is 0.823. The van der Waals surface area contributed by atoms with E-state index in [-0.39, 0.29) is 22.7 Å².